The molecule has 1 amide bonds. The van der Waals surface area contributed by atoms with Crippen molar-refractivity contribution in [2.45, 2.75) is 39.3 Å². The number of aromatic nitrogens is 1. The van der Waals surface area contributed by atoms with E-state index in [-0.39, 0.29) is 24.9 Å². The fourth-order valence-corrected chi connectivity index (χ4v) is 3.45. The number of nitrogens with one attached hydrogen (secondary N) is 1. The van der Waals surface area contributed by atoms with E-state index in [0.717, 1.165) is 44.5 Å². The summed E-state index contributed by atoms with van der Waals surface area (Å²) in [4.78, 5) is 14.5. The van der Waals surface area contributed by atoms with Crippen molar-refractivity contribution in [3.05, 3.63) is 77.7 Å². The van der Waals surface area contributed by atoms with Crippen LogP contribution in [0.25, 0.3) is 11.3 Å². The van der Waals surface area contributed by atoms with Crippen LogP contribution >= 0.6 is 0 Å². The monoisotopic (exact) mass is 453 g/mol. The lowest BCUT2D eigenvalue weighted by Gasteiger charge is -2.22. The fraction of sp³-hybridized carbons (Fsp3) is 0.385. The van der Waals surface area contributed by atoms with E-state index < -0.39 is 0 Å². The number of carbonyl (C=O) groups excluding carboxylic acids is 1. The zero-order chi connectivity index (χ0) is 23.3. The first-order valence-electron chi connectivity index (χ1n) is 11.5. The molecule has 0 aliphatic rings. The summed E-state index contributed by atoms with van der Waals surface area (Å²) in [5, 5.41) is 6.85. The number of rotatable bonds is 14. The van der Waals surface area contributed by atoms with Crippen LogP contribution in [-0.2, 0) is 22.7 Å². The van der Waals surface area contributed by atoms with Gasteiger partial charge in [0, 0.05) is 31.3 Å². The van der Waals surface area contributed by atoms with Gasteiger partial charge < -0.3 is 14.6 Å². The smallest absolute Gasteiger partial charge is 0.246 e. The highest BCUT2D eigenvalue weighted by atomic mass is 19.1. The molecule has 0 atom stereocenters. The van der Waals surface area contributed by atoms with E-state index in [1.807, 2.05) is 6.07 Å². The van der Waals surface area contributed by atoms with Crippen LogP contribution in [0.4, 0.5) is 4.39 Å². The van der Waals surface area contributed by atoms with Crippen molar-refractivity contribution in [3.8, 4) is 11.3 Å². The van der Waals surface area contributed by atoms with Crippen LogP contribution in [0.1, 0.15) is 37.4 Å². The first-order chi connectivity index (χ1) is 16.1. The summed E-state index contributed by atoms with van der Waals surface area (Å²) in [5.41, 5.74) is 2.62. The Bertz CT molecular complexity index is 960. The second-order valence-corrected chi connectivity index (χ2v) is 8.00. The van der Waals surface area contributed by atoms with Crippen LogP contribution in [0.2, 0.25) is 0 Å². The van der Waals surface area contributed by atoms with Gasteiger partial charge in [0.25, 0.3) is 0 Å². The van der Waals surface area contributed by atoms with Gasteiger partial charge in [0.1, 0.15) is 18.1 Å². The second-order valence-electron chi connectivity index (χ2n) is 8.00. The first-order valence-corrected chi connectivity index (χ1v) is 11.5. The highest BCUT2D eigenvalue weighted by Crippen LogP contribution is 2.20. The van der Waals surface area contributed by atoms with Crippen molar-refractivity contribution in [2.24, 2.45) is 0 Å². The number of benzene rings is 2. The molecule has 0 saturated heterocycles. The quantitative estimate of drug-likeness (QED) is 0.355. The zero-order valence-electron chi connectivity index (χ0n) is 19.1. The van der Waals surface area contributed by atoms with Crippen LogP contribution in [0.3, 0.4) is 0 Å². The minimum absolute atomic E-state index is 0.0394. The van der Waals surface area contributed by atoms with E-state index in [1.165, 1.54) is 17.7 Å². The first kappa shape index (κ1) is 24.6. The topological polar surface area (TPSA) is 67.6 Å². The predicted octanol–water partition coefficient (Wildman–Crippen LogP) is 4.81. The average molecular weight is 454 g/mol. The van der Waals surface area contributed by atoms with Crippen LogP contribution < -0.4 is 5.32 Å². The maximum absolute atomic E-state index is 13.0. The molecule has 0 radical (unpaired) electrons. The minimum Gasteiger partial charge on any atom is -0.365 e. The Hall–Kier alpha value is -3.03. The normalized spacial score (nSPS) is 11.1. The molecule has 33 heavy (non-hydrogen) atoms. The highest BCUT2D eigenvalue weighted by molar-refractivity contribution is 5.77. The summed E-state index contributed by atoms with van der Waals surface area (Å²) in [7, 11) is 0. The van der Waals surface area contributed by atoms with Crippen LogP contribution in [0.15, 0.2) is 65.2 Å². The van der Waals surface area contributed by atoms with Crippen molar-refractivity contribution < 1.29 is 18.4 Å². The maximum atomic E-state index is 13.0. The van der Waals surface area contributed by atoms with Gasteiger partial charge in [-0.1, -0.05) is 48.8 Å². The SMILES string of the molecule is CCCCN(CCCNC(=O)COCc1cc(-c2ccc(F)cc2)on1)Cc1ccccc1. The van der Waals surface area contributed by atoms with Gasteiger partial charge in [-0.25, -0.2) is 4.39 Å². The van der Waals surface area contributed by atoms with Crippen molar-refractivity contribution >= 4 is 5.91 Å². The fourth-order valence-electron chi connectivity index (χ4n) is 3.45. The maximum Gasteiger partial charge on any atom is 0.246 e. The van der Waals surface area contributed by atoms with Crippen molar-refractivity contribution in [1.82, 2.24) is 15.4 Å². The number of halogens is 1. The molecule has 0 spiro atoms. The third-order valence-electron chi connectivity index (χ3n) is 5.22. The Morgan fingerprint density at radius 2 is 1.85 bits per heavy atom. The summed E-state index contributed by atoms with van der Waals surface area (Å²) in [6.07, 6.45) is 3.21. The van der Waals surface area contributed by atoms with Crippen molar-refractivity contribution in [3.63, 3.8) is 0 Å². The number of hydrogen-bond acceptors (Lipinski definition) is 5. The standard InChI is InChI=1S/C26H32FN3O3/c1-2-3-15-30(18-21-8-5-4-6-9-21)16-7-14-28-26(31)20-32-19-24-17-25(33-29-24)22-10-12-23(27)13-11-22/h4-6,8-13,17H,2-3,7,14-16,18-20H2,1H3,(H,28,31). The molecular weight excluding hydrogens is 421 g/mol. The Morgan fingerprint density at radius 1 is 1.09 bits per heavy atom. The lowest BCUT2D eigenvalue weighted by Crippen LogP contribution is -2.32. The lowest BCUT2D eigenvalue weighted by atomic mass is 10.1. The van der Waals surface area contributed by atoms with Crippen molar-refractivity contribution in [1.29, 1.82) is 0 Å². The molecule has 7 heteroatoms. The van der Waals surface area contributed by atoms with E-state index in [9.17, 15) is 9.18 Å². The van der Waals surface area contributed by atoms with Crippen LogP contribution in [0, 0.1) is 5.82 Å². The largest absolute Gasteiger partial charge is 0.365 e. The van der Waals surface area contributed by atoms with Crippen LogP contribution in [-0.4, -0.2) is 42.2 Å². The van der Waals surface area contributed by atoms with Gasteiger partial charge in [0.05, 0.1) is 6.61 Å². The molecule has 176 valence electrons. The molecule has 0 fully saturated rings. The van der Waals surface area contributed by atoms with E-state index in [2.05, 4.69) is 46.6 Å². The van der Waals surface area contributed by atoms with Crippen molar-refractivity contribution in [2.75, 3.05) is 26.2 Å². The molecule has 0 aliphatic heterocycles. The average Bonchev–Trinajstić information content (AvgIpc) is 3.30. The summed E-state index contributed by atoms with van der Waals surface area (Å²) < 4.78 is 23.7. The summed E-state index contributed by atoms with van der Waals surface area (Å²) in [6.45, 7) is 5.85. The van der Waals surface area contributed by atoms with E-state index in [1.54, 1.807) is 18.2 Å². The molecule has 0 aliphatic carbocycles. The second kappa shape index (κ2) is 13.5. The molecule has 1 heterocycles. The molecule has 0 bridgehead atoms. The Labute approximate surface area is 194 Å². The third-order valence-corrected chi connectivity index (χ3v) is 5.22. The third kappa shape index (κ3) is 8.79. The molecule has 6 nitrogen and oxygen atoms in total. The van der Waals surface area contributed by atoms with E-state index in [4.69, 9.17) is 9.26 Å². The Balaban J connectivity index is 1.32. The van der Waals surface area contributed by atoms with Gasteiger partial charge >= 0.3 is 0 Å². The van der Waals surface area contributed by atoms with E-state index >= 15 is 0 Å². The Morgan fingerprint density at radius 3 is 2.61 bits per heavy atom. The number of nitrogens with zero attached hydrogens (tertiary/aromatic N) is 2. The molecule has 0 unspecified atom stereocenters. The molecule has 0 saturated carbocycles. The molecule has 1 aromatic heterocycles. The number of ether oxygens (including phenoxy) is 1. The molecule has 3 rings (SSSR count). The number of amides is 1. The summed E-state index contributed by atoms with van der Waals surface area (Å²) in [5.74, 6) is 0.0688. The van der Waals surface area contributed by atoms with Gasteiger partial charge in [-0.3, -0.25) is 9.69 Å². The van der Waals surface area contributed by atoms with Gasteiger partial charge in [0.15, 0.2) is 5.76 Å². The lowest BCUT2D eigenvalue weighted by molar-refractivity contribution is -0.126. The highest BCUT2D eigenvalue weighted by Gasteiger charge is 2.09. The molecule has 1 N–H and O–H groups in total. The molecular formula is C26H32FN3O3. The number of carbonyl (C=O) groups is 1. The number of hydrogen-bond donors (Lipinski definition) is 1. The molecule has 2 aromatic carbocycles. The Kier molecular flexibility index (Phi) is 10.1. The van der Waals surface area contributed by atoms with Gasteiger partial charge in [-0.2, -0.15) is 0 Å². The van der Waals surface area contributed by atoms with E-state index in [0.29, 0.717) is 18.0 Å². The summed E-state index contributed by atoms with van der Waals surface area (Å²) >= 11 is 0. The van der Waals surface area contributed by atoms with Crippen LogP contribution in [0.5, 0.6) is 0 Å². The minimum atomic E-state index is -0.308. The van der Waals surface area contributed by atoms with Gasteiger partial charge in [0.2, 0.25) is 5.91 Å². The van der Waals surface area contributed by atoms with Gasteiger partial charge in [-0.15, -0.1) is 0 Å². The van der Waals surface area contributed by atoms with Gasteiger partial charge in [-0.05, 0) is 49.2 Å². The number of unbranched alkanes of at least 4 members (excludes halogenated alkanes) is 1. The molecule has 3 aromatic rings. The zero-order valence-corrected chi connectivity index (χ0v) is 19.1. The summed E-state index contributed by atoms with van der Waals surface area (Å²) in [6, 6.07) is 18.2. The predicted molar refractivity (Wildman–Crippen MR) is 126 cm³/mol.